The Bertz CT molecular complexity index is 579. The zero-order chi connectivity index (χ0) is 15.2. The van der Waals surface area contributed by atoms with Crippen LogP contribution in [0.2, 0.25) is 0 Å². The molecule has 1 aromatic carbocycles. The number of rotatable bonds is 6. The predicted octanol–water partition coefficient (Wildman–Crippen LogP) is 2.90. The lowest BCUT2D eigenvalue weighted by Gasteiger charge is -2.16. The third-order valence-electron chi connectivity index (χ3n) is 2.02. The summed E-state index contributed by atoms with van der Waals surface area (Å²) in [5.74, 6) is -4.69. The average molecular weight is 290 g/mol. The van der Waals surface area contributed by atoms with E-state index >= 15 is 0 Å². The van der Waals surface area contributed by atoms with Gasteiger partial charge in [0.25, 0.3) is 0 Å². The van der Waals surface area contributed by atoms with Gasteiger partial charge in [-0.15, -0.1) is 0 Å². The van der Waals surface area contributed by atoms with Crippen molar-refractivity contribution in [3.8, 4) is 5.75 Å². The monoisotopic (exact) mass is 290 g/mol. The van der Waals surface area contributed by atoms with Crippen molar-refractivity contribution >= 4 is 23.5 Å². The molecular formula is C11H6F4N2O3. The van der Waals surface area contributed by atoms with Crippen LogP contribution in [-0.4, -0.2) is 31.1 Å². The van der Waals surface area contributed by atoms with Crippen LogP contribution in [0.5, 0.6) is 5.75 Å². The second-order valence-corrected chi connectivity index (χ2v) is 3.41. The summed E-state index contributed by atoms with van der Waals surface area (Å²) in [4.78, 5) is 26.6. The fraction of sp³-hybridized carbons (Fsp3) is 0.273. The summed E-state index contributed by atoms with van der Waals surface area (Å²) in [6.07, 6.45) is -1.54. The first kappa shape index (κ1) is 15.6. The van der Waals surface area contributed by atoms with Gasteiger partial charge in [0, 0.05) is 0 Å². The molecule has 0 heterocycles. The van der Waals surface area contributed by atoms with Gasteiger partial charge in [-0.05, 0) is 18.2 Å². The maximum Gasteiger partial charge on any atom is 0.340 e. The molecule has 0 radical (unpaired) electrons. The van der Waals surface area contributed by atoms with E-state index in [0.717, 1.165) is 18.2 Å². The largest absolute Gasteiger partial charge is 0.485 e. The number of benzene rings is 1. The third-order valence-corrected chi connectivity index (χ3v) is 2.02. The van der Waals surface area contributed by atoms with E-state index in [9.17, 15) is 27.2 Å². The Labute approximate surface area is 109 Å². The summed E-state index contributed by atoms with van der Waals surface area (Å²) in [7, 11) is 0. The van der Waals surface area contributed by atoms with Crippen LogP contribution in [0.15, 0.2) is 28.2 Å². The van der Waals surface area contributed by atoms with Crippen molar-refractivity contribution in [1.82, 2.24) is 0 Å². The van der Waals surface area contributed by atoms with Crippen molar-refractivity contribution in [1.29, 1.82) is 0 Å². The Morgan fingerprint density at radius 1 is 1.20 bits per heavy atom. The molecule has 0 bridgehead atoms. The highest BCUT2D eigenvalue weighted by molar-refractivity contribution is 5.64. The van der Waals surface area contributed by atoms with Crippen LogP contribution in [0.3, 0.4) is 0 Å². The van der Waals surface area contributed by atoms with Crippen LogP contribution in [0.25, 0.3) is 0 Å². The molecule has 0 aliphatic carbocycles. The molecule has 106 valence electrons. The first-order chi connectivity index (χ1) is 9.40. The zero-order valence-electron chi connectivity index (χ0n) is 9.65. The molecule has 0 amide bonds. The molecule has 20 heavy (non-hydrogen) atoms. The molecule has 0 spiro atoms. The highest BCUT2D eigenvalue weighted by atomic mass is 19.3. The number of nitrogens with zero attached hydrogens (tertiary/aromatic N) is 2. The number of hydrogen-bond acceptors (Lipinski definition) is 5. The summed E-state index contributed by atoms with van der Waals surface area (Å²) < 4.78 is 53.8. The lowest BCUT2D eigenvalue weighted by molar-refractivity contribution is -0.148. The van der Waals surface area contributed by atoms with Gasteiger partial charge in [-0.3, -0.25) is 0 Å². The molecule has 1 aromatic rings. The highest BCUT2D eigenvalue weighted by Crippen LogP contribution is 2.33. The Hall–Kier alpha value is -2.50. The molecule has 0 aliphatic rings. The van der Waals surface area contributed by atoms with Crippen LogP contribution in [0.1, 0.15) is 0 Å². The maximum absolute atomic E-state index is 12.7. The smallest absolute Gasteiger partial charge is 0.340 e. The molecule has 0 fully saturated rings. The molecule has 0 aromatic heterocycles. The number of aliphatic imine (C=N–C) groups is 2. The van der Waals surface area contributed by atoms with Crippen molar-refractivity contribution in [2.75, 3.05) is 6.61 Å². The van der Waals surface area contributed by atoms with E-state index in [2.05, 4.69) is 14.7 Å². The minimum atomic E-state index is -4.35. The van der Waals surface area contributed by atoms with E-state index in [1.54, 1.807) is 0 Å². The second kappa shape index (κ2) is 6.60. The fourth-order valence-electron chi connectivity index (χ4n) is 1.12. The zero-order valence-corrected chi connectivity index (χ0v) is 9.65. The maximum atomic E-state index is 12.7. The van der Waals surface area contributed by atoms with Crippen molar-refractivity contribution in [3.63, 3.8) is 0 Å². The van der Waals surface area contributed by atoms with Crippen LogP contribution < -0.4 is 4.74 Å². The Morgan fingerprint density at radius 3 is 2.40 bits per heavy atom. The van der Waals surface area contributed by atoms with Crippen molar-refractivity contribution in [2.45, 2.75) is 12.3 Å². The normalized spacial score (nSPS) is 10.7. The predicted molar refractivity (Wildman–Crippen MR) is 58.5 cm³/mol. The molecular weight excluding hydrogens is 284 g/mol. The van der Waals surface area contributed by atoms with E-state index in [-0.39, 0.29) is 17.1 Å². The summed E-state index contributed by atoms with van der Waals surface area (Å²) in [6.45, 7) is -1.59. The number of alkyl halides is 4. The molecule has 0 saturated heterocycles. The van der Waals surface area contributed by atoms with Crippen LogP contribution in [0, 0.1) is 0 Å². The molecule has 9 heteroatoms. The average Bonchev–Trinajstić information content (AvgIpc) is 2.38. The van der Waals surface area contributed by atoms with Gasteiger partial charge >= 0.3 is 12.3 Å². The topological polar surface area (TPSA) is 68.1 Å². The lowest BCUT2D eigenvalue weighted by atomic mass is 10.2. The van der Waals surface area contributed by atoms with Crippen LogP contribution >= 0.6 is 0 Å². The molecule has 0 saturated carbocycles. The Kier molecular flexibility index (Phi) is 5.14. The molecule has 1 rings (SSSR count). The number of halogens is 4. The van der Waals surface area contributed by atoms with E-state index in [4.69, 9.17) is 0 Å². The fourth-order valence-corrected chi connectivity index (χ4v) is 1.12. The SMILES string of the molecule is O=C=Nc1ccc(OCC(F)(F)C(F)F)c(N=C=O)c1. The van der Waals surface area contributed by atoms with Gasteiger partial charge in [0.2, 0.25) is 12.2 Å². The lowest BCUT2D eigenvalue weighted by Crippen LogP contribution is -2.33. The second-order valence-electron chi connectivity index (χ2n) is 3.41. The Balaban J connectivity index is 3.00. The van der Waals surface area contributed by atoms with Gasteiger partial charge in [-0.25, -0.2) is 18.4 Å². The van der Waals surface area contributed by atoms with Gasteiger partial charge in [-0.2, -0.15) is 18.8 Å². The van der Waals surface area contributed by atoms with E-state index < -0.39 is 19.0 Å². The number of carbonyl (C=O) groups excluding carboxylic acids is 2. The molecule has 5 nitrogen and oxygen atoms in total. The molecule has 0 unspecified atom stereocenters. The Morgan fingerprint density at radius 2 is 1.85 bits per heavy atom. The van der Waals surface area contributed by atoms with Crippen LogP contribution in [-0.2, 0) is 9.59 Å². The van der Waals surface area contributed by atoms with Crippen LogP contribution in [0.4, 0.5) is 28.9 Å². The van der Waals surface area contributed by atoms with Gasteiger partial charge in [-0.1, -0.05) is 0 Å². The molecule has 0 aliphatic heterocycles. The molecule has 0 N–H and O–H groups in total. The van der Waals surface area contributed by atoms with E-state index in [1.807, 2.05) is 0 Å². The minimum Gasteiger partial charge on any atom is -0.485 e. The third kappa shape index (κ3) is 4.01. The summed E-state index contributed by atoms with van der Waals surface area (Å²) in [5.41, 5.74) is -0.247. The first-order valence-corrected chi connectivity index (χ1v) is 4.99. The first-order valence-electron chi connectivity index (χ1n) is 4.99. The number of hydrogen-bond donors (Lipinski definition) is 0. The van der Waals surface area contributed by atoms with Gasteiger partial charge in [0.15, 0.2) is 6.61 Å². The van der Waals surface area contributed by atoms with E-state index in [0.29, 0.717) is 0 Å². The number of isocyanates is 2. The van der Waals surface area contributed by atoms with E-state index in [1.165, 1.54) is 12.1 Å². The summed E-state index contributed by atoms with van der Waals surface area (Å²) >= 11 is 0. The molecule has 0 atom stereocenters. The summed E-state index contributed by atoms with van der Waals surface area (Å²) in [6, 6.07) is 3.27. The summed E-state index contributed by atoms with van der Waals surface area (Å²) in [5, 5.41) is 0. The number of ether oxygens (including phenoxy) is 1. The van der Waals surface area contributed by atoms with Gasteiger partial charge < -0.3 is 4.74 Å². The van der Waals surface area contributed by atoms with Crippen molar-refractivity contribution in [2.24, 2.45) is 9.98 Å². The van der Waals surface area contributed by atoms with Gasteiger partial charge in [0.1, 0.15) is 11.4 Å². The quantitative estimate of drug-likeness (QED) is 0.459. The minimum absolute atomic E-state index is 0.0296. The van der Waals surface area contributed by atoms with Gasteiger partial charge in [0.05, 0.1) is 5.69 Å². The standard InChI is InChI=1S/C11H6F4N2O3/c12-10(13)11(14,15)4-20-9-2-1-7(16-5-18)3-8(9)17-6-19/h1-3,10H,4H2. The highest BCUT2D eigenvalue weighted by Gasteiger charge is 2.41. The van der Waals surface area contributed by atoms with Crippen molar-refractivity contribution in [3.05, 3.63) is 18.2 Å². The van der Waals surface area contributed by atoms with Crippen molar-refractivity contribution < 1.29 is 31.9 Å².